The van der Waals surface area contributed by atoms with Crippen LogP contribution in [0, 0.1) is 0 Å². The third-order valence-electron chi connectivity index (χ3n) is 3.09. The first-order valence-corrected chi connectivity index (χ1v) is 6.37. The smallest absolute Gasteiger partial charge is 0.119 e. The van der Waals surface area contributed by atoms with Crippen molar-refractivity contribution >= 4 is 0 Å². The van der Waals surface area contributed by atoms with E-state index in [4.69, 9.17) is 9.47 Å². The Balaban J connectivity index is 1.72. The van der Waals surface area contributed by atoms with Gasteiger partial charge in [0.25, 0.3) is 0 Å². The monoisotopic (exact) mass is 235 g/mol. The molecule has 94 valence electrons. The van der Waals surface area contributed by atoms with E-state index in [0.717, 1.165) is 25.4 Å². The van der Waals surface area contributed by atoms with Crippen molar-refractivity contribution in [2.75, 3.05) is 26.2 Å². The zero-order valence-electron chi connectivity index (χ0n) is 10.7. The van der Waals surface area contributed by atoms with Crippen LogP contribution in [-0.4, -0.2) is 37.2 Å². The van der Waals surface area contributed by atoms with Gasteiger partial charge in [0.2, 0.25) is 0 Å². The van der Waals surface area contributed by atoms with Crippen molar-refractivity contribution in [1.29, 1.82) is 0 Å². The Bertz CT molecular complexity index is 331. The number of likely N-dealkylation sites (tertiary alicyclic amines) is 1. The summed E-state index contributed by atoms with van der Waals surface area (Å²) in [5.41, 5.74) is 1.21. The predicted molar refractivity (Wildman–Crippen MR) is 68.3 cm³/mol. The molecule has 1 aromatic carbocycles. The molecule has 0 N–H and O–H groups in total. The molecule has 0 aliphatic carbocycles. The van der Waals surface area contributed by atoms with Gasteiger partial charge in [-0.1, -0.05) is 19.1 Å². The van der Waals surface area contributed by atoms with Crippen LogP contribution in [0.5, 0.6) is 5.75 Å². The maximum atomic E-state index is 5.81. The zero-order valence-corrected chi connectivity index (χ0v) is 10.7. The fraction of sp³-hybridized carbons (Fsp3) is 0.571. The lowest BCUT2D eigenvalue weighted by atomic mass is 10.1. The van der Waals surface area contributed by atoms with Crippen molar-refractivity contribution in [3.63, 3.8) is 0 Å². The van der Waals surface area contributed by atoms with E-state index in [2.05, 4.69) is 24.0 Å². The highest BCUT2D eigenvalue weighted by molar-refractivity contribution is 5.26. The second-order valence-corrected chi connectivity index (χ2v) is 4.36. The largest absolute Gasteiger partial charge is 0.494 e. The van der Waals surface area contributed by atoms with E-state index in [1.54, 1.807) is 0 Å². The quantitative estimate of drug-likeness (QED) is 0.755. The minimum atomic E-state index is 0.418. The molecular weight excluding hydrogens is 214 g/mol. The summed E-state index contributed by atoms with van der Waals surface area (Å²) in [4.78, 5) is 2.38. The minimum Gasteiger partial charge on any atom is -0.494 e. The lowest BCUT2D eigenvalue weighted by Crippen LogP contribution is -2.51. The predicted octanol–water partition coefficient (Wildman–Crippen LogP) is 2.31. The van der Waals surface area contributed by atoms with Crippen LogP contribution < -0.4 is 4.74 Å². The van der Waals surface area contributed by atoms with Crippen LogP contribution >= 0.6 is 0 Å². The molecule has 1 saturated heterocycles. The van der Waals surface area contributed by atoms with Crippen LogP contribution in [0.4, 0.5) is 0 Å². The topological polar surface area (TPSA) is 21.7 Å². The Morgan fingerprint density at radius 1 is 1.18 bits per heavy atom. The van der Waals surface area contributed by atoms with E-state index in [0.29, 0.717) is 19.3 Å². The number of likely N-dealkylation sites (N-methyl/N-ethyl adjacent to an activating group) is 1. The SMILES string of the molecule is CCOc1ccc(COC2CN(CC)C2)cc1. The first kappa shape index (κ1) is 12.4. The molecule has 2 rings (SSSR count). The number of nitrogens with zero attached hydrogens (tertiary/aromatic N) is 1. The van der Waals surface area contributed by atoms with Gasteiger partial charge in [-0.25, -0.2) is 0 Å². The molecule has 1 heterocycles. The first-order valence-electron chi connectivity index (χ1n) is 6.37. The third kappa shape index (κ3) is 3.45. The summed E-state index contributed by atoms with van der Waals surface area (Å²) < 4.78 is 11.2. The lowest BCUT2D eigenvalue weighted by molar-refractivity contribution is -0.0603. The molecule has 1 aliphatic heterocycles. The van der Waals surface area contributed by atoms with Gasteiger partial charge in [-0.2, -0.15) is 0 Å². The van der Waals surface area contributed by atoms with Crippen molar-refractivity contribution in [3.8, 4) is 5.75 Å². The highest BCUT2D eigenvalue weighted by Crippen LogP contribution is 2.16. The molecule has 0 unspecified atom stereocenters. The molecular formula is C14H21NO2. The average molecular weight is 235 g/mol. The summed E-state index contributed by atoms with van der Waals surface area (Å²) in [5.74, 6) is 0.928. The summed E-state index contributed by atoms with van der Waals surface area (Å²) in [5, 5.41) is 0. The maximum absolute atomic E-state index is 5.81. The van der Waals surface area contributed by atoms with Gasteiger partial charge in [0.05, 0.1) is 19.3 Å². The van der Waals surface area contributed by atoms with Crippen LogP contribution in [0.15, 0.2) is 24.3 Å². The Morgan fingerprint density at radius 2 is 1.88 bits per heavy atom. The average Bonchev–Trinajstić information content (AvgIpc) is 2.30. The number of hydrogen-bond donors (Lipinski definition) is 0. The number of rotatable bonds is 6. The molecule has 3 nitrogen and oxygen atoms in total. The van der Waals surface area contributed by atoms with Crippen LogP contribution in [0.25, 0.3) is 0 Å². The second kappa shape index (κ2) is 6.03. The minimum absolute atomic E-state index is 0.418. The first-order chi connectivity index (χ1) is 8.31. The van der Waals surface area contributed by atoms with Gasteiger partial charge in [0.15, 0.2) is 0 Å². The fourth-order valence-electron chi connectivity index (χ4n) is 1.95. The molecule has 0 bridgehead atoms. The van der Waals surface area contributed by atoms with Gasteiger partial charge in [0.1, 0.15) is 5.75 Å². The Labute approximate surface area is 103 Å². The molecule has 1 fully saturated rings. The van der Waals surface area contributed by atoms with Gasteiger partial charge < -0.3 is 9.47 Å². The zero-order chi connectivity index (χ0) is 12.1. The maximum Gasteiger partial charge on any atom is 0.119 e. The van der Waals surface area contributed by atoms with Crippen LogP contribution in [0.2, 0.25) is 0 Å². The molecule has 0 radical (unpaired) electrons. The van der Waals surface area contributed by atoms with Crippen molar-refractivity contribution in [1.82, 2.24) is 4.90 Å². The summed E-state index contributed by atoms with van der Waals surface area (Å²) in [6, 6.07) is 8.14. The van der Waals surface area contributed by atoms with Gasteiger partial charge in [-0.05, 0) is 31.2 Å². The van der Waals surface area contributed by atoms with E-state index in [1.807, 2.05) is 19.1 Å². The Morgan fingerprint density at radius 3 is 2.47 bits per heavy atom. The number of hydrogen-bond acceptors (Lipinski definition) is 3. The summed E-state index contributed by atoms with van der Waals surface area (Å²) in [6.07, 6.45) is 0.418. The van der Waals surface area contributed by atoms with Crippen molar-refractivity contribution in [2.45, 2.75) is 26.6 Å². The highest BCUT2D eigenvalue weighted by Gasteiger charge is 2.25. The Hall–Kier alpha value is -1.06. The summed E-state index contributed by atoms with van der Waals surface area (Å²) in [7, 11) is 0. The Kier molecular flexibility index (Phi) is 4.40. The van der Waals surface area contributed by atoms with Crippen LogP contribution in [0.3, 0.4) is 0 Å². The number of ether oxygens (including phenoxy) is 2. The van der Waals surface area contributed by atoms with Crippen LogP contribution in [0.1, 0.15) is 19.4 Å². The van der Waals surface area contributed by atoms with Crippen molar-refractivity contribution in [2.24, 2.45) is 0 Å². The molecule has 0 spiro atoms. The van der Waals surface area contributed by atoms with Gasteiger partial charge in [-0.15, -0.1) is 0 Å². The molecule has 3 heteroatoms. The standard InChI is InChI=1S/C14H21NO2/c1-3-15-9-14(10-15)17-11-12-5-7-13(8-6-12)16-4-2/h5-8,14H,3-4,9-11H2,1-2H3. The van der Waals surface area contributed by atoms with E-state index in [1.165, 1.54) is 5.56 Å². The van der Waals surface area contributed by atoms with Crippen molar-refractivity contribution in [3.05, 3.63) is 29.8 Å². The van der Waals surface area contributed by atoms with Crippen LogP contribution in [-0.2, 0) is 11.3 Å². The van der Waals surface area contributed by atoms with E-state index in [9.17, 15) is 0 Å². The van der Waals surface area contributed by atoms with E-state index < -0.39 is 0 Å². The molecule has 1 aliphatic rings. The van der Waals surface area contributed by atoms with E-state index in [-0.39, 0.29) is 0 Å². The summed E-state index contributed by atoms with van der Waals surface area (Å²) in [6.45, 7) is 8.87. The van der Waals surface area contributed by atoms with E-state index >= 15 is 0 Å². The third-order valence-corrected chi connectivity index (χ3v) is 3.09. The molecule has 0 saturated carbocycles. The molecule has 0 atom stereocenters. The molecule has 17 heavy (non-hydrogen) atoms. The second-order valence-electron chi connectivity index (χ2n) is 4.36. The highest BCUT2D eigenvalue weighted by atomic mass is 16.5. The van der Waals surface area contributed by atoms with Gasteiger partial charge >= 0.3 is 0 Å². The summed E-state index contributed by atoms with van der Waals surface area (Å²) >= 11 is 0. The fourth-order valence-corrected chi connectivity index (χ4v) is 1.95. The lowest BCUT2D eigenvalue weighted by Gasteiger charge is -2.38. The molecule has 0 amide bonds. The molecule has 0 aromatic heterocycles. The normalized spacial score (nSPS) is 16.8. The van der Waals surface area contributed by atoms with Gasteiger partial charge in [-0.3, -0.25) is 4.90 Å². The van der Waals surface area contributed by atoms with Gasteiger partial charge in [0, 0.05) is 13.1 Å². The number of benzene rings is 1. The molecule has 1 aromatic rings. The van der Waals surface area contributed by atoms with Crippen molar-refractivity contribution < 1.29 is 9.47 Å².